The van der Waals surface area contributed by atoms with Crippen LogP contribution in [0.25, 0.3) is 11.3 Å². The normalized spacial score (nSPS) is 19.6. The predicted octanol–water partition coefficient (Wildman–Crippen LogP) is 2.06. The first kappa shape index (κ1) is 11.1. The lowest BCUT2D eigenvalue weighted by atomic mass is 9.81. The van der Waals surface area contributed by atoms with E-state index in [1.165, 1.54) is 11.3 Å². The topological polar surface area (TPSA) is 39.1 Å². The van der Waals surface area contributed by atoms with E-state index in [2.05, 4.69) is 28.6 Å². The SMILES string of the molecule is Cn1ncc2c1-c1ccccc1OC21CCNCC1. The number of nitrogens with zero attached hydrogens (tertiary/aromatic N) is 2. The lowest BCUT2D eigenvalue weighted by Crippen LogP contribution is -2.45. The molecule has 1 aromatic carbocycles. The van der Waals surface area contributed by atoms with Gasteiger partial charge in [-0.2, -0.15) is 5.10 Å². The first-order valence-corrected chi connectivity index (χ1v) is 6.82. The number of ether oxygens (including phenoxy) is 1. The summed E-state index contributed by atoms with van der Waals surface area (Å²) in [7, 11) is 2.01. The third kappa shape index (κ3) is 1.46. The minimum absolute atomic E-state index is 0.191. The average Bonchev–Trinajstić information content (AvgIpc) is 2.84. The van der Waals surface area contributed by atoms with E-state index in [0.717, 1.165) is 37.2 Å². The van der Waals surface area contributed by atoms with Gasteiger partial charge in [0.25, 0.3) is 0 Å². The van der Waals surface area contributed by atoms with Gasteiger partial charge in [0, 0.05) is 31.0 Å². The van der Waals surface area contributed by atoms with E-state index in [1.807, 2.05) is 24.0 Å². The summed E-state index contributed by atoms with van der Waals surface area (Å²) in [5.74, 6) is 0.987. The number of benzene rings is 1. The quantitative estimate of drug-likeness (QED) is 0.783. The predicted molar refractivity (Wildman–Crippen MR) is 73.1 cm³/mol. The monoisotopic (exact) mass is 255 g/mol. The van der Waals surface area contributed by atoms with E-state index >= 15 is 0 Å². The number of para-hydroxylation sites is 1. The molecule has 0 aliphatic carbocycles. The molecule has 1 fully saturated rings. The number of aromatic nitrogens is 2. The van der Waals surface area contributed by atoms with Crippen LogP contribution in [0.4, 0.5) is 0 Å². The number of hydrogen-bond acceptors (Lipinski definition) is 3. The van der Waals surface area contributed by atoms with Crippen LogP contribution < -0.4 is 10.1 Å². The van der Waals surface area contributed by atoms with Gasteiger partial charge in [0.1, 0.15) is 11.4 Å². The van der Waals surface area contributed by atoms with E-state index in [9.17, 15) is 0 Å². The second-order valence-corrected chi connectivity index (χ2v) is 5.37. The highest BCUT2D eigenvalue weighted by Gasteiger charge is 2.43. The van der Waals surface area contributed by atoms with Crippen molar-refractivity contribution < 1.29 is 4.74 Å². The number of hydrogen-bond donors (Lipinski definition) is 1. The molecule has 19 heavy (non-hydrogen) atoms. The highest BCUT2D eigenvalue weighted by Crippen LogP contribution is 2.48. The fourth-order valence-corrected chi connectivity index (χ4v) is 3.31. The third-order valence-electron chi connectivity index (χ3n) is 4.29. The molecule has 4 heteroatoms. The zero-order chi connectivity index (χ0) is 12.9. The first-order valence-electron chi connectivity index (χ1n) is 6.82. The third-order valence-corrected chi connectivity index (χ3v) is 4.29. The van der Waals surface area contributed by atoms with Crippen molar-refractivity contribution >= 4 is 0 Å². The van der Waals surface area contributed by atoms with Crippen LogP contribution in [0.5, 0.6) is 5.75 Å². The van der Waals surface area contributed by atoms with Gasteiger partial charge >= 0.3 is 0 Å². The molecule has 3 heterocycles. The Morgan fingerprint density at radius 3 is 2.89 bits per heavy atom. The Labute approximate surface area is 112 Å². The molecular weight excluding hydrogens is 238 g/mol. The summed E-state index contributed by atoms with van der Waals surface area (Å²) in [6.45, 7) is 1.99. The van der Waals surface area contributed by atoms with Crippen LogP contribution in [0, 0.1) is 0 Å². The largest absolute Gasteiger partial charge is 0.482 e. The Hall–Kier alpha value is -1.81. The second-order valence-electron chi connectivity index (χ2n) is 5.37. The number of piperidine rings is 1. The summed E-state index contributed by atoms with van der Waals surface area (Å²) < 4.78 is 8.38. The molecular formula is C15H17N3O. The van der Waals surface area contributed by atoms with Crippen LogP contribution in [0.3, 0.4) is 0 Å². The van der Waals surface area contributed by atoms with Crippen LogP contribution in [-0.4, -0.2) is 22.9 Å². The molecule has 1 aromatic heterocycles. The fourth-order valence-electron chi connectivity index (χ4n) is 3.31. The van der Waals surface area contributed by atoms with Gasteiger partial charge in [0.05, 0.1) is 11.9 Å². The minimum Gasteiger partial charge on any atom is -0.482 e. The standard InChI is InChI=1S/C15H17N3O/c1-18-14-11-4-2-3-5-13(11)19-15(12(14)10-17-18)6-8-16-9-7-15/h2-5,10,16H,6-9H2,1H3. The number of nitrogens with one attached hydrogen (secondary N) is 1. The molecule has 2 aliphatic rings. The molecule has 4 nitrogen and oxygen atoms in total. The molecule has 1 N–H and O–H groups in total. The van der Waals surface area contributed by atoms with E-state index < -0.39 is 0 Å². The summed E-state index contributed by atoms with van der Waals surface area (Å²) in [4.78, 5) is 0. The zero-order valence-electron chi connectivity index (χ0n) is 11.0. The molecule has 2 aromatic rings. The zero-order valence-corrected chi connectivity index (χ0v) is 11.0. The highest BCUT2D eigenvalue weighted by atomic mass is 16.5. The van der Waals surface area contributed by atoms with Crippen LogP contribution in [-0.2, 0) is 12.6 Å². The Morgan fingerprint density at radius 2 is 2.05 bits per heavy atom. The maximum absolute atomic E-state index is 6.41. The van der Waals surface area contributed by atoms with Gasteiger partial charge in [-0.25, -0.2) is 0 Å². The van der Waals surface area contributed by atoms with Crippen molar-refractivity contribution in [3.05, 3.63) is 36.0 Å². The minimum atomic E-state index is -0.191. The molecule has 0 radical (unpaired) electrons. The van der Waals surface area contributed by atoms with Crippen LogP contribution in [0.15, 0.2) is 30.5 Å². The molecule has 98 valence electrons. The number of aryl methyl sites for hydroxylation is 1. The van der Waals surface area contributed by atoms with Crippen molar-refractivity contribution in [2.24, 2.45) is 7.05 Å². The number of rotatable bonds is 0. The van der Waals surface area contributed by atoms with E-state index in [0.29, 0.717) is 0 Å². The van der Waals surface area contributed by atoms with Gasteiger partial charge in [-0.3, -0.25) is 4.68 Å². The summed E-state index contributed by atoms with van der Waals surface area (Å²) in [5.41, 5.74) is 3.42. The van der Waals surface area contributed by atoms with Crippen molar-refractivity contribution in [1.82, 2.24) is 15.1 Å². The van der Waals surface area contributed by atoms with Crippen LogP contribution in [0.2, 0.25) is 0 Å². The van der Waals surface area contributed by atoms with Gasteiger partial charge in [-0.1, -0.05) is 12.1 Å². The molecule has 4 rings (SSSR count). The lowest BCUT2D eigenvalue weighted by molar-refractivity contribution is 0.0306. The molecule has 0 atom stereocenters. The Kier molecular flexibility index (Phi) is 2.23. The lowest BCUT2D eigenvalue weighted by Gasteiger charge is -2.41. The molecule has 0 bridgehead atoms. The molecule has 0 amide bonds. The van der Waals surface area contributed by atoms with E-state index in [-0.39, 0.29) is 5.60 Å². The fraction of sp³-hybridized carbons (Fsp3) is 0.400. The maximum Gasteiger partial charge on any atom is 0.140 e. The van der Waals surface area contributed by atoms with Crippen molar-refractivity contribution in [3.8, 4) is 17.0 Å². The average molecular weight is 255 g/mol. The van der Waals surface area contributed by atoms with E-state index in [1.54, 1.807) is 0 Å². The maximum atomic E-state index is 6.41. The van der Waals surface area contributed by atoms with Gasteiger partial charge in [-0.15, -0.1) is 0 Å². The highest BCUT2D eigenvalue weighted by molar-refractivity contribution is 5.73. The molecule has 0 unspecified atom stereocenters. The molecule has 1 saturated heterocycles. The van der Waals surface area contributed by atoms with Crippen molar-refractivity contribution in [2.45, 2.75) is 18.4 Å². The summed E-state index contributed by atoms with van der Waals surface area (Å²) >= 11 is 0. The van der Waals surface area contributed by atoms with Crippen molar-refractivity contribution in [3.63, 3.8) is 0 Å². The Morgan fingerprint density at radius 1 is 1.26 bits per heavy atom. The molecule has 2 aliphatic heterocycles. The summed E-state index contributed by atoms with van der Waals surface area (Å²) in [6, 6.07) is 8.27. The smallest absolute Gasteiger partial charge is 0.140 e. The van der Waals surface area contributed by atoms with Crippen LogP contribution >= 0.6 is 0 Å². The summed E-state index contributed by atoms with van der Waals surface area (Å²) in [5, 5.41) is 7.87. The van der Waals surface area contributed by atoms with Gasteiger partial charge in [0.2, 0.25) is 0 Å². The molecule has 0 saturated carbocycles. The van der Waals surface area contributed by atoms with Gasteiger partial charge < -0.3 is 10.1 Å². The van der Waals surface area contributed by atoms with Crippen molar-refractivity contribution in [1.29, 1.82) is 0 Å². The number of fused-ring (bicyclic) bond motifs is 4. The van der Waals surface area contributed by atoms with E-state index in [4.69, 9.17) is 4.74 Å². The van der Waals surface area contributed by atoms with Crippen molar-refractivity contribution in [2.75, 3.05) is 13.1 Å². The molecule has 1 spiro atoms. The van der Waals surface area contributed by atoms with Gasteiger partial charge in [0.15, 0.2) is 0 Å². The second kappa shape index (κ2) is 3.84. The van der Waals surface area contributed by atoms with Gasteiger partial charge in [-0.05, 0) is 25.2 Å². The summed E-state index contributed by atoms with van der Waals surface area (Å²) in [6.07, 6.45) is 3.98. The first-order chi connectivity index (χ1) is 9.30. The Balaban J connectivity index is 1.96. The Bertz CT molecular complexity index is 626. The van der Waals surface area contributed by atoms with Crippen LogP contribution in [0.1, 0.15) is 18.4 Å².